The Kier molecular flexibility index (Phi) is 14.7. The molecule has 0 saturated carbocycles. The normalized spacial score (nSPS) is 12.4. The van der Waals surface area contributed by atoms with Crippen molar-refractivity contribution in [3.05, 3.63) is 156 Å². The van der Waals surface area contributed by atoms with Gasteiger partial charge in [-0.05, 0) is 121 Å². The molecule has 0 bridgehead atoms. The van der Waals surface area contributed by atoms with E-state index in [0.29, 0.717) is 15.4 Å². The fourth-order valence-corrected chi connectivity index (χ4v) is 9.33. The zero-order valence-electron chi connectivity index (χ0n) is 37.4. The molecule has 70 heavy (non-hydrogen) atoms. The molecule has 23 heteroatoms. The minimum Gasteiger partial charge on any atom is -0.456 e. The average molecular weight is 1070 g/mol. The van der Waals surface area contributed by atoms with E-state index in [1.807, 2.05) is 0 Å². The van der Waals surface area contributed by atoms with Gasteiger partial charge in [0.1, 0.15) is 33.9 Å². The molecule has 7 aromatic rings. The average Bonchev–Trinajstić information content (AvgIpc) is 3.85. The second-order valence-electron chi connectivity index (χ2n) is 17.2. The van der Waals surface area contributed by atoms with Crippen molar-refractivity contribution in [3.8, 4) is 0 Å². The zero-order valence-corrected chi connectivity index (χ0v) is 41.2. The second kappa shape index (κ2) is 19.3. The molecule has 368 valence electrons. The summed E-state index contributed by atoms with van der Waals surface area (Å²) in [6.45, 7) is 11.4. The van der Waals surface area contributed by atoms with E-state index < -0.39 is 90.4 Å². The molecule has 0 aliphatic rings. The summed E-state index contributed by atoms with van der Waals surface area (Å²) >= 11 is 25.2. The number of carbonyl (C=O) groups is 4. The number of aryl methyl sites for hydroxylation is 1. The number of esters is 2. The number of alkyl halides is 6. The Morgan fingerprint density at radius 3 is 1.61 bits per heavy atom. The maximum atomic E-state index is 13.8. The summed E-state index contributed by atoms with van der Waals surface area (Å²) in [4.78, 5) is 61.5. The fourth-order valence-electron chi connectivity index (χ4n) is 6.61. The van der Waals surface area contributed by atoms with Crippen molar-refractivity contribution < 1.29 is 63.4 Å². The number of benzene rings is 3. The minimum atomic E-state index is -4.89. The number of pyridine rings is 2. The van der Waals surface area contributed by atoms with Gasteiger partial charge in [-0.3, -0.25) is 9.59 Å². The Morgan fingerprint density at radius 1 is 0.629 bits per heavy atom. The number of aromatic amines is 1. The van der Waals surface area contributed by atoms with Crippen LogP contribution in [0.25, 0.3) is 22.1 Å². The number of halogens is 10. The first-order valence-electron chi connectivity index (χ1n) is 20.2. The molecule has 1 N–H and O–H groups in total. The Balaban J connectivity index is 0.000000236. The standard InChI is InChI=1S/C26H19Cl2F3N2O5S.C21H17Cl2F3N2O3/c1-25(2,3)38-24(35)16-10-11-17(27)20(21(16)28)22(34)18-13-14-9-12-19(26(29,30)31)32-23(14)33(18)39(36,37)15-7-5-4-6-8-15;1-9-7-14(21(24,25)26)28-18-11(9)8-13(27-18)17(29)15-12(22)6-5-10(16(15)23)19(30)31-20(2,3)4/h4-13H,1-3H3;5-8H,1-4H3,(H,27,28). The highest BCUT2D eigenvalue weighted by atomic mass is 35.5. The largest absolute Gasteiger partial charge is 0.456 e. The van der Waals surface area contributed by atoms with Crippen LogP contribution in [0.1, 0.15) is 111 Å². The van der Waals surface area contributed by atoms with Crippen LogP contribution in [0.3, 0.4) is 0 Å². The van der Waals surface area contributed by atoms with Gasteiger partial charge in [-0.1, -0.05) is 64.6 Å². The first-order valence-corrected chi connectivity index (χ1v) is 23.2. The number of hydrogen-bond donors (Lipinski definition) is 1. The molecule has 0 unspecified atom stereocenters. The van der Waals surface area contributed by atoms with Gasteiger partial charge in [0.05, 0.1) is 52.9 Å². The van der Waals surface area contributed by atoms with E-state index in [-0.39, 0.29) is 58.9 Å². The highest BCUT2D eigenvalue weighted by Crippen LogP contribution is 2.37. The summed E-state index contributed by atoms with van der Waals surface area (Å²) in [6.07, 6.45) is -9.53. The van der Waals surface area contributed by atoms with Crippen molar-refractivity contribution in [3.63, 3.8) is 0 Å². The van der Waals surface area contributed by atoms with Crippen LogP contribution in [0.2, 0.25) is 20.1 Å². The first kappa shape index (κ1) is 53.4. The number of nitrogens with zero attached hydrogens (tertiary/aromatic N) is 3. The van der Waals surface area contributed by atoms with E-state index in [1.54, 1.807) is 47.6 Å². The topological polar surface area (TPSA) is 167 Å². The maximum Gasteiger partial charge on any atom is 0.433 e. The Morgan fingerprint density at radius 2 is 1.13 bits per heavy atom. The third-order valence-electron chi connectivity index (χ3n) is 9.63. The van der Waals surface area contributed by atoms with Crippen LogP contribution in [0.15, 0.2) is 89.8 Å². The summed E-state index contributed by atoms with van der Waals surface area (Å²) in [5.41, 5.74) is -6.15. The Hall–Kier alpha value is -5.99. The quantitative estimate of drug-likeness (QED) is 0.0879. The van der Waals surface area contributed by atoms with Crippen molar-refractivity contribution in [2.24, 2.45) is 0 Å². The number of nitrogens with one attached hydrogen (secondary N) is 1. The maximum absolute atomic E-state index is 13.8. The van der Waals surface area contributed by atoms with Gasteiger partial charge in [0.15, 0.2) is 5.65 Å². The van der Waals surface area contributed by atoms with Crippen molar-refractivity contribution in [2.45, 2.75) is 76.9 Å². The number of H-pyrrole nitrogens is 1. The smallest absolute Gasteiger partial charge is 0.433 e. The number of aromatic nitrogens is 4. The van der Waals surface area contributed by atoms with Crippen molar-refractivity contribution in [1.29, 1.82) is 0 Å². The van der Waals surface area contributed by atoms with Crippen LogP contribution < -0.4 is 0 Å². The molecule has 7 rings (SSSR count). The van der Waals surface area contributed by atoms with Gasteiger partial charge in [0, 0.05) is 10.8 Å². The van der Waals surface area contributed by atoms with Crippen molar-refractivity contribution in [1.82, 2.24) is 18.9 Å². The molecule has 0 radical (unpaired) electrons. The highest BCUT2D eigenvalue weighted by Gasteiger charge is 2.37. The van der Waals surface area contributed by atoms with Crippen molar-refractivity contribution >= 4 is 102 Å². The molecular formula is C47H36Cl4F6N4O8S. The third kappa shape index (κ3) is 11.3. The summed E-state index contributed by atoms with van der Waals surface area (Å²) in [7, 11) is -4.66. The van der Waals surface area contributed by atoms with Crippen LogP contribution in [0, 0.1) is 6.92 Å². The van der Waals surface area contributed by atoms with E-state index >= 15 is 0 Å². The van der Waals surface area contributed by atoms with Gasteiger partial charge in [-0.25, -0.2) is 31.9 Å². The molecule has 0 atom stereocenters. The molecule has 0 spiro atoms. The monoisotopic (exact) mass is 1070 g/mol. The molecule has 0 fully saturated rings. The minimum absolute atomic E-state index is 0.0263. The molecule has 0 saturated heterocycles. The summed E-state index contributed by atoms with van der Waals surface area (Å²) in [6, 6.07) is 16.9. The van der Waals surface area contributed by atoms with Crippen LogP contribution in [-0.4, -0.2) is 62.0 Å². The van der Waals surface area contributed by atoms with E-state index in [9.17, 15) is 53.9 Å². The lowest BCUT2D eigenvalue weighted by molar-refractivity contribution is -0.141. The van der Waals surface area contributed by atoms with E-state index in [1.165, 1.54) is 61.5 Å². The van der Waals surface area contributed by atoms with Gasteiger partial charge in [0.2, 0.25) is 11.6 Å². The number of ether oxygens (including phenoxy) is 2. The van der Waals surface area contributed by atoms with Gasteiger partial charge in [0.25, 0.3) is 10.0 Å². The van der Waals surface area contributed by atoms with Gasteiger partial charge in [-0.2, -0.15) is 26.3 Å². The van der Waals surface area contributed by atoms with E-state index in [4.69, 9.17) is 55.9 Å². The Labute approximate surface area is 414 Å². The number of rotatable bonds is 8. The second-order valence-corrected chi connectivity index (χ2v) is 20.6. The predicted octanol–water partition coefficient (Wildman–Crippen LogP) is 13.2. The summed E-state index contributed by atoms with van der Waals surface area (Å²) < 4.78 is 118. The number of fused-ring (bicyclic) bond motifs is 2. The number of hydrogen-bond acceptors (Lipinski definition) is 10. The SMILES string of the molecule is CC(C)(C)OC(=O)c1ccc(Cl)c(C(=O)c2cc3ccc(C(F)(F)F)nc3n2S(=O)(=O)c2ccccc2)c1Cl.Cc1cc(C(F)(F)F)nc2[nH]c(C(=O)c3c(Cl)ccc(C(=O)OC(C)(C)C)c3Cl)cc12. The molecule has 4 heterocycles. The molecule has 0 aliphatic carbocycles. The van der Waals surface area contributed by atoms with Crippen LogP contribution in [-0.2, 0) is 31.8 Å². The van der Waals surface area contributed by atoms with Crippen LogP contribution in [0.5, 0.6) is 0 Å². The lowest BCUT2D eigenvalue weighted by atomic mass is 10.0. The lowest BCUT2D eigenvalue weighted by Gasteiger charge is -2.20. The van der Waals surface area contributed by atoms with Gasteiger partial charge < -0.3 is 14.5 Å². The Bertz CT molecular complexity index is 3380. The van der Waals surface area contributed by atoms with Gasteiger partial charge >= 0.3 is 24.3 Å². The molecule has 12 nitrogen and oxygen atoms in total. The van der Waals surface area contributed by atoms with Gasteiger partial charge in [-0.15, -0.1) is 0 Å². The molecular weight excluding hydrogens is 1040 g/mol. The highest BCUT2D eigenvalue weighted by molar-refractivity contribution is 7.90. The predicted molar refractivity (Wildman–Crippen MR) is 250 cm³/mol. The fraction of sp³-hybridized carbons (Fsp3) is 0.234. The number of carbonyl (C=O) groups excluding carboxylic acids is 4. The van der Waals surface area contributed by atoms with E-state index in [0.717, 1.165) is 18.2 Å². The van der Waals surface area contributed by atoms with E-state index in [2.05, 4.69) is 15.0 Å². The number of ketones is 2. The molecule has 3 aromatic carbocycles. The zero-order chi connectivity index (χ0) is 52.2. The summed E-state index contributed by atoms with van der Waals surface area (Å²) in [5, 5.41) is -0.615. The van der Waals surface area contributed by atoms with Crippen molar-refractivity contribution in [2.75, 3.05) is 0 Å². The third-order valence-corrected chi connectivity index (χ3v) is 12.8. The molecule has 0 aliphatic heterocycles. The lowest BCUT2D eigenvalue weighted by Crippen LogP contribution is -2.24. The summed E-state index contributed by atoms with van der Waals surface area (Å²) in [5.74, 6) is -3.38. The van der Waals surface area contributed by atoms with Crippen LogP contribution >= 0.6 is 46.4 Å². The molecule has 0 amide bonds. The first-order chi connectivity index (χ1) is 32.2. The van der Waals surface area contributed by atoms with Crippen LogP contribution in [0.4, 0.5) is 26.3 Å². The molecule has 4 aromatic heterocycles.